The fourth-order valence-corrected chi connectivity index (χ4v) is 0.908. The van der Waals surface area contributed by atoms with Crippen LogP contribution in [0.4, 0.5) is 11.5 Å². The number of aromatic nitrogens is 1. The second-order valence-electron chi connectivity index (χ2n) is 3.01. The number of nitrogens with zero attached hydrogens (tertiary/aromatic N) is 1. The predicted molar refractivity (Wildman–Crippen MR) is 54.0 cm³/mol. The Hall–Kier alpha value is -1.45. The van der Waals surface area contributed by atoms with Crippen molar-refractivity contribution in [1.82, 2.24) is 4.98 Å². The predicted octanol–water partition coefficient (Wildman–Crippen LogP) is 1.49. The first-order valence-corrected chi connectivity index (χ1v) is 4.24. The molecule has 0 saturated carbocycles. The fourth-order valence-electron chi connectivity index (χ4n) is 0.908. The molecule has 0 aliphatic heterocycles. The van der Waals surface area contributed by atoms with Crippen molar-refractivity contribution in [3.63, 3.8) is 0 Å². The van der Waals surface area contributed by atoms with E-state index in [0.29, 0.717) is 11.6 Å². The Morgan fingerprint density at radius 2 is 2.15 bits per heavy atom. The highest BCUT2D eigenvalue weighted by Gasteiger charge is 2.04. The van der Waals surface area contributed by atoms with Gasteiger partial charge in [0, 0.05) is 7.05 Å². The molecule has 1 rings (SSSR count). The minimum atomic E-state index is 0.0851. The van der Waals surface area contributed by atoms with Crippen molar-refractivity contribution in [2.75, 3.05) is 18.1 Å². The van der Waals surface area contributed by atoms with Crippen molar-refractivity contribution >= 4 is 11.5 Å². The average molecular weight is 181 g/mol. The lowest BCUT2D eigenvalue weighted by Gasteiger charge is -2.11. The van der Waals surface area contributed by atoms with E-state index in [1.807, 2.05) is 19.9 Å². The fraction of sp³-hybridized carbons (Fsp3) is 0.444. The van der Waals surface area contributed by atoms with Crippen LogP contribution in [0.15, 0.2) is 12.1 Å². The van der Waals surface area contributed by atoms with Crippen LogP contribution < -0.4 is 15.8 Å². The molecule has 4 nitrogen and oxygen atoms in total. The standard InChI is InChI=1S/C9H15N3O/c1-6(2)13-9-7(10)4-5-8(11-3)12-9/h4-6H,10H2,1-3H3,(H,11,12). The highest BCUT2D eigenvalue weighted by atomic mass is 16.5. The zero-order valence-corrected chi connectivity index (χ0v) is 8.16. The number of ether oxygens (including phenoxy) is 1. The van der Waals surface area contributed by atoms with Gasteiger partial charge in [-0.25, -0.2) is 0 Å². The quantitative estimate of drug-likeness (QED) is 0.741. The van der Waals surface area contributed by atoms with E-state index in [4.69, 9.17) is 10.5 Å². The van der Waals surface area contributed by atoms with Crippen molar-refractivity contribution in [2.24, 2.45) is 0 Å². The van der Waals surface area contributed by atoms with Gasteiger partial charge in [0.1, 0.15) is 5.82 Å². The smallest absolute Gasteiger partial charge is 0.239 e. The number of pyridine rings is 1. The molecule has 4 heteroatoms. The van der Waals surface area contributed by atoms with Crippen LogP contribution in [0.1, 0.15) is 13.8 Å². The van der Waals surface area contributed by atoms with E-state index in [1.165, 1.54) is 0 Å². The van der Waals surface area contributed by atoms with E-state index in [9.17, 15) is 0 Å². The molecular weight excluding hydrogens is 166 g/mol. The van der Waals surface area contributed by atoms with Gasteiger partial charge in [-0.15, -0.1) is 0 Å². The third-order valence-corrected chi connectivity index (χ3v) is 1.49. The molecule has 0 aromatic carbocycles. The second-order valence-corrected chi connectivity index (χ2v) is 3.01. The Morgan fingerprint density at radius 1 is 1.46 bits per heavy atom. The summed E-state index contributed by atoms with van der Waals surface area (Å²) in [6, 6.07) is 3.58. The van der Waals surface area contributed by atoms with Crippen molar-refractivity contribution in [3.8, 4) is 5.88 Å². The van der Waals surface area contributed by atoms with Crippen LogP contribution >= 0.6 is 0 Å². The third-order valence-electron chi connectivity index (χ3n) is 1.49. The Morgan fingerprint density at radius 3 is 2.69 bits per heavy atom. The molecule has 1 aromatic heterocycles. The van der Waals surface area contributed by atoms with E-state index < -0.39 is 0 Å². The van der Waals surface area contributed by atoms with Crippen molar-refractivity contribution < 1.29 is 4.74 Å². The van der Waals surface area contributed by atoms with E-state index in [0.717, 1.165) is 5.82 Å². The van der Waals surface area contributed by atoms with Gasteiger partial charge in [-0.1, -0.05) is 0 Å². The normalized spacial score (nSPS) is 10.2. The van der Waals surface area contributed by atoms with E-state index in [1.54, 1.807) is 13.1 Å². The maximum atomic E-state index is 5.68. The number of nitrogen functional groups attached to an aromatic ring is 1. The molecule has 13 heavy (non-hydrogen) atoms. The number of rotatable bonds is 3. The number of nitrogens with one attached hydrogen (secondary N) is 1. The lowest BCUT2D eigenvalue weighted by Crippen LogP contribution is -2.09. The number of nitrogens with two attached hydrogens (primary N) is 1. The van der Waals surface area contributed by atoms with Gasteiger partial charge < -0.3 is 15.8 Å². The van der Waals surface area contributed by atoms with Gasteiger partial charge in [0.15, 0.2) is 0 Å². The maximum Gasteiger partial charge on any atom is 0.239 e. The largest absolute Gasteiger partial charge is 0.473 e. The monoisotopic (exact) mass is 181 g/mol. The highest BCUT2D eigenvalue weighted by molar-refractivity contribution is 5.53. The molecule has 0 aliphatic rings. The molecule has 1 aromatic rings. The molecule has 0 radical (unpaired) electrons. The number of hydrogen-bond donors (Lipinski definition) is 2. The first-order valence-electron chi connectivity index (χ1n) is 4.24. The van der Waals surface area contributed by atoms with Gasteiger partial charge in [-0.3, -0.25) is 0 Å². The zero-order valence-electron chi connectivity index (χ0n) is 8.16. The zero-order chi connectivity index (χ0) is 9.84. The highest BCUT2D eigenvalue weighted by Crippen LogP contribution is 2.21. The molecule has 0 unspecified atom stereocenters. The molecular formula is C9H15N3O. The molecule has 0 saturated heterocycles. The summed E-state index contributed by atoms with van der Waals surface area (Å²) in [5.74, 6) is 1.24. The summed E-state index contributed by atoms with van der Waals surface area (Å²) in [7, 11) is 1.80. The van der Waals surface area contributed by atoms with Crippen LogP contribution in [-0.4, -0.2) is 18.1 Å². The summed E-state index contributed by atoms with van der Waals surface area (Å²) in [5, 5.41) is 2.92. The number of anilines is 2. The van der Waals surface area contributed by atoms with Crippen molar-refractivity contribution in [2.45, 2.75) is 20.0 Å². The van der Waals surface area contributed by atoms with E-state index in [2.05, 4.69) is 10.3 Å². The van der Waals surface area contributed by atoms with Crippen LogP contribution in [0.3, 0.4) is 0 Å². The summed E-state index contributed by atoms with van der Waals surface area (Å²) in [5.41, 5.74) is 6.24. The first kappa shape index (κ1) is 9.64. The minimum absolute atomic E-state index is 0.0851. The Kier molecular flexibility index (Phi) is 2.95. The molecule has 0 aliphatic carbocycles. The van der Waals surface area contributed by atoms with Gasteiger partial charge in [0.05, 0.1) is 11.8 Å². The van der Waals surface area contributed by atoms with Gasteiger partial charge >= 0.3 is 0 Å². The molecule has 0 amide bonds. The molecule has 1 heterocycles. The summed E-state index contributed by atoms with van der Waals surface area (Å²) in [4.78, 5) is 4.17. The lowest BCUT2D eigenvalue weighted by atomic mass is 10.4. The van der Waals surface area contributed by atoms with Gasteiger partial charge in [-0.05, 0) is 26.0 Å². The Bertz CT molecular complexity index is 286. The molecule has 3 N–H and O–H groups in total. The van der Waals surface area contributed by atoms with Gasteiger partial charge in [-0.2, -0.15) is 4.98 Å². The molecule has 0 atom stereocenters. The van der Waals surface area contributed by atoms with Crippen LogP contribution in [0.5, 0.6) is 5.88 Å². The third kappa shape index (κ3) is 2.50. The number of hydrogen-bond acceptors (Lipinski definition) is 4. The van der Waals surface area contributed by atoms with Crippen LogP contribution in [0.25, 0.3) is 0 Å². The van der Waals surface area contributed by atoms with Crippen LogP contribution in [-0.2, 0) is 0 Å². The topological polar surface area (TPSA) is 60.2 Å². The summed E-state index contributed by atoms with van der Waals surface area (Å²) in [6.07, 6.45) is 0.0851. The average Bonchev–Trinajstić information content (AvgIpc) is 2.08. The van der Waals surface area contributed by atoms with Crippen molar-refractivity contribution in [1.29, 1.82) is 0 Å². The van der Waals surface area contributed by atoms with Crippen molar-refractivity contribution in [3.05, 3.63) is 12.1 Å². The van der Waals surface area contributed by atoms with Crippen LogP contribution in [0.2, 0.25) is 0 Å². The van der Waals surface area contributed by atoms with E-state index >= 15 is 0 Å². The SMILES string of the molecule is CNc1ccc(N)c(OC(C)C)n1. The lowest BCUT2D eigenvalue weighted by molar-refractivity contribution is 0.234. The Balaban J connectivity index is 2.90. The summed E-state index contributed by atoms with van der Waals surface area (Å²) < 4.78 is 5.41. The van der Waals surface area contributed by atoms with Crippen LogP contribution in [0, 0.1) is 0 Å². The van der Waals surface area contributed by atoms with Gasteiger partial charge in [0.2, 0.25) is 5.88 Å². The summed E-state index contributed by atoms with van der Waals surface area (Å²) >= 11 is 0. The molecule has 0 fully saturated rings. The van der Waals surface area contributed by atoms with E-state index in [-0.39, 0.29) is 6.10 Å². The second kappa shape index (κ2) is 3.98. The minimum Gasteiger partial charge on any atom is -0.473 e. The first-order chi connectivity index (χ1) is 6.13. The summed E-state index contributed by atoms with van der Waals surface area (Å²) in [6.45, 7) is 3.88. The molecule has 0 bridgehead atoms. The Labute approximate surface area is 78.1 Å². The maximum absolute atomic E-state index is 5.68. The molecule has 0 spiro atoms. The molecule has 72 valence electrons. The van der Waals surface area contributed by atoms with Gasteiger partial charge in [0.25, 0.3) is 0 Å².